The molecule has 3 rings (SSSR count). The van der Waals surface area contributed by atoms with Crippen molar-refractivity contribution in [2.24, 2.45) is 0 Å². The Morgan fingerprint density at radius 2 is 1.82 bits per heavy atom. The first kappa shape index (κ1) is 20.7. The molecule has 0 atom stereocenters. The van der Waals surface area contributed by atoms with Crippen LogP contribution in [-0.4, -0.2) is 72.1 Å². The van der Waals surface area contributed by atoms with Gasteiger partial charge in [0.1, 0.15) is 11.8 Å². The van der Waals surface area contributed by atoms with Crippen molar-refractivity contribution in [2.75, 3.05) is 33.2 Å². The van der Waals surface area contributed by atoms with Gasteiger partial charge in [-0.1, -0.05) is 19.3 Å². The number of nitriles is 1. The van der Waals surface area contributed by atoms with Crippen molar-refractivity contribution in [3.8, 4) is 6.07 Å². The Morgan fingerprint density at radius 3 is 2.39 bits per heavy atom. The lowest BCUT2D eigenvalue weighted by atomic mass is 9.96. The first-order valence-corrected chi connectivity index (χ1v) is 11.1. The summed E-state index contributed by atoms with van der Waals surface area (Å²) in [7, 11) is -1.84. The number of hydrogen-bond acceptors (Lipinski definition) is 5. The standard InChI is InChI=1S/C19H27N5O3S/c1-15-16(14-20)8-9-18(21-15)19(25)23-10-12-24(13-11-23)28(26,27)22(2)17-6-4-3-5-7-17/h8-9,17H,3-7,10-13H2,1-2H3. The average molecular weight is 406 g/mol. The molecule has 1 aromatic heterocycles. The van der Waals surface area contributed by atoms with Crippen LogP contribution in [0.3, 0.4) is 0 Å². The van der Waals surface area contributed by atoms with Crippen molar-refractivity contribution >= 4 is 16.1 Å². The van der Waals surface area contributed by atoms with Crippen LogP contribution < -0.4 is 0 Å². The minimum Gasteiger partial charge on any atom is -0.335 e. The van der Waals surface area contributed by atoms with Gasteiger partial charge in [0.15, 0.2) is 0 Å². The highest BCUT2D eigenvalue weighted by atomic mass is 32.2. The van der Waals surface area contributed by atoms with Gasteiger partial charge in [-0.2, -0.15) is 22.3 Å². The number of carbonyl (C=O) groups is 1. The molecule has 1 amide bonds. The molecule has 1 saturated carbocycles. The van der Waals surface area contributed by atoms with Gasteiger partial charge < -0.3 is 4.90 Å². The number of amides is 1. The van der Waals surface area contributed by atoms with Gasteiger partial charge in [0, 0.05) is 39.3 Å². The van der Waals surface area contributed by atoms with Gasteiger partial charge in [0.2, 0.25) is 0 Å². The fourth-order valence-electron chi connectivity index (χ4n) is 3.90. The Labute approximate surface area is 166 Å². The molecule has 152 valence electrons. The van der Waals surface area contributed by atoms with E-state index in [-0.39, 0.29) is 30.7 Å². The molecule has 0 radical (unpaired) electrons. The van der Waals surface area contributed by atoms with Crippen LogP contribution in [0.5, 0.6) is 0 Å². The van der Waals surface area contributed by atoms with Crippen molar-refractivity contribution in [1.82, 2.24) is 18.5 Å². The fraction of sp³-hybridized carbons (Fsp3) is 0.632. The highest BCUT2D eigenvalue weighted by Crippen LogP contribution is 2.25. The minimum absolute atomic E-state index is 0.0734. The maximum atomic E-state index is 13.0. The lowest BCUT2D eigenvalue weighted by Crippen LogP contribution is -2.55. The van der Waals surface area contributed by atoms with Gasteiger partial charge in [-0.3, -0.25) is 4.79 Å². The summed E-state index contributed by atoms with van der Waals surface area (Å²) in [4.78, 5) is 18.5. The molecule has 2 fully saturated rings. The van der Waals surface area contributed by atoms with Crippen molar-refractivity contribution in [2.45, 2.75) is 45.1 Å². The molecular weight excluding hydrogens is 378 g/mol. The van der Waals surface area contributed by atoms with Crippen molar-refractivity contribution < 1.29 is 13.2 Å². The first-order chi connectivity index (χ1) is 13.3. The maximum absolute atomic E-state index is 13.0. The van der Waals surface area contributed by atoms with Gasteiger partial charge in [0.25, 0.3) is 16.1 Å². The lowest BCUT2D eigenvalue weighted by Gasteiger charge is -2.38. The minimum atomic E-state index is -3.51. The van der Waals surface area contributed by atoms with Crippen molar-refractivity contribution in [3.63, 3.8) is 0 Å². The summed E-state index contributed by atoms with van der Waals surface area (Å²) in [6, 6.07) is 5.25. The molecule has 1 aliphatic carbocycles. The number of aromatic nitrogens is 1. The van der Waals surface area contributed by atoms with Gasteiger partial charge in [0.05, 0.1) is 11.3 Å². The zero-order valence-corrected chi connectivity index (χ0v) is 17.3. The average Bonchev–Trinajstić information content (AvgIpc) is 2.73. The molecule has 1 aromatic rings. The molecule has 0 N–H and O–H groups in total. The number of carbonyl (C=O) groups excluding carboxylic acids is 1. The van der Waals surface area contributed by atoms with E-state index in [0.29, 0.717) is 24.3 Å². The summed E-state index contributed by atoms with van der Waals surface area (Å²) < 4.78 is 28.9. The monoisotopic (exact) mass is 405 g/mol. The molecule has 0 spiro atoms. The van der Waals surface area contributed by atoms with Crippen LogP contribution in [0.2, 0.25) is 0 Å². The van der Waals surface area contributed by atoms with Crippen LogP contribution in [0.1, 0.15) is 53.8 Å². The summed E-state index contributed by atoms with van der Waals surface area (Å²) in [5.41, 5.74) is 1.24. The smallest absolute Gasteiger partial charge is 0.282 e. The molecule has 28 heavy (non-hydrogen) atoms. The highest BCUT2D eigenvalue weighted by molar-refractivity contribution is 7.86. The summed E-state index contributed by atoms with van der Waals surface area (Å²) in [5.74, 6) is -0.231. The van der Waals surface area contributed by atoms with E-state index in [9.17, 15) is 13.2 Å². The fourth-order valence-corrected chi connectivity index (χ4v) is 5.47. The van der Waals surface area contributed by atoms with Crippen molar-refractivity contribution in [1.29, 1.82) is 5.26 Å². The topological polar surface area (TPSA) is 97.6 Å². The Balaban J connectivity index is 1.62. The normalized spacial score (nSPS) is 19.6. The van der Waals surface area contributed by atoms with Crippen LogP contribution in [0, 0.1) is 18.3 Å². The molecule has 0 bridgehead atoms. The second-order valence-electron chi connectivity index (χ2n) is 7.45. The Bertz CT molecular complexity index is 866. The summed E-state index contributed by atoms with van der Waals surface area (Å²) in [5, 5.41) is 8.99. The van der Waals surface area contributed by atoms with Gasteiger partial charge in [-0.25, -0.2) is 4.98 Å². The van der Waals surface area contributed by atoms with E-state index >= 15 is 0 Å². The molecule has 0 aromatic carbocycles. The first-order valence-electron chi connectivity index (χ1n) is 9.74. The van der Waals surface area contributed by atoms with E-state index in [1.807, 2.05) is 6.07 Å². The van der Waals surface area contributed by atoms with E-state index < -0.39 is 10.2 Å². The SMILES string of the molecule is Cc1nc(C(=O)N2CCN(S(=O)(=O)N(C)C3CCCCC3)CC2)ccc1C#N. The predicted octanol–water partition coefficient (Wildman–Crippen LogP) is 1.53. The summed E-state index contributed by atoms with van der Waals surface area (Å²) in [6.07, 6.45) is 5.15. The molecule has 9 heteroatoms. The molecule has 0 unspecified atom stereocenters. The van der Waals surface area contributed by atoms with E-state index in [0.717, 1.165) is 25.7 Å². The molecule has 1 saturated heterocycles. The number of hydrogen-bond donors (Lipinski definition) is 0. The third-order valence-electron chi connectivity index (χ3n) is 5.73. The molecular formula is C19H27N5O3S. The van der Waals surface area contributed by atoms with E-state index in [1.165, 1.54) is 15.0 Å². The predicted molar refractivity (Wildman–Crippen MR) is 105 cm³/mol. The van der Waals surface area contributed by atoms with E-state index in [2.05, 4.69) is 4.98 Å². The van der Waals surface area contributed by atoms with Gasteiger partial charge >= 0.3 is 0 Å². The Hall–Kier alpha value is -2.02. The van der Waals surface area contributed by atoms with E-state index in [1.54, 1.807) is 31.0 Å². The van der Waals surface area contributed by atoms with E-state index in [4.69, 9.17) is 5.26 Å². The van der Waals surface area contributed by atoms with Gasteiger partial charge in [-0.15, -0.1) is 0 Å². The summed E-state index contributed by atoms with van der Waals surface area (Å²) >= 11 is 0. The number of pyridine rings is 1. The number of aryl methyl sites for hydroxylation is 1. The lowest BCUT2D eigenvalue weighted by molar-refractivity contribution is 0.0686. The Kier molecular flexibility index (Phi) is 6.33. The molecule has 1 aliphatic heterocycles. The molecule has 2 heterocycles. The van der Waals surface area contributed by atoms with Crippen LogP contribution in [0.4, 0.5) is 0 Å². The second kappa shape index (κ2) is 8.55. The Morgan fingerprint density at radius 1 is 1.18 bits per heavy atom. The maximum Gasteiger partial charge on any atom is 0.282 e. The summed E-state index contributed by atoms with van der Waals surface area (Å²) in [6.45, 7) is 2.91. The zero-order chi connectivity index (χ0) is 20.3. The van der Waals surface area contributed by atoms with Crippen molar-refractivity contribution in [3.05, 3.63) is 29.1 Å². The van der Waals surface area contributed by atoms with Crippen LogP contribution in [-0.2, 0) is 10.2 Å². The largest absolute Gasteiger partial charge is 0.335 e. The van der Waals surface area contributed by atoms with Crippen LogP contribution in [0.15, 0.2) is 12.1 Å². The number of rotatable bonds is 4. The van der Waals surface area contributed by atoms with Crippen LogP contribution in [0.25, 0.3) is 0 Å². The highest BCUT2D eigenvalue weighted by Gasteiger charge is 2.35. The third-order valence-corrected chi connectivity index (χ3v) is 7.77. The number of nitrogens with zero attached hydrogens (tertiary/aromatic N) is 5. The zero-order valence-electron chi connectivity index (χ0n) is 16.5. The third kappa shape index (κ3) is 4.19. The second-order valence-corrected chi connectivity index (χ2v) is 9.44. The molecule has 8 nitrogen and oxygen atoms in total. The molecule has 2 aliphatic rings. The quantitative estimate of drug-likeness (QED) is 0.757. The van der Waals surface area contributed by atoms with Crippen LogP contribution >= 0.6 is 0 Å². The van der Waals surface area contributed by atoms with Gasteiger partial charge in [-0.05, 0) is 31.9 Å². The number of piperazine rings is 1.